The van der Waals surface area contributed by atoms with Crippen LogP contribution in [0.15, 0.2) is 77.7 Å². The number of nitrogens with zero attached hydrogens (tertiary/aromatic N) is 2. The third-order valence-corrected chi connectivity index (χ3v) is 8.41. The largest absolute Gasteiger partial charge is 0.357 e. The fraction of sp³-hybridized carbons (Fsp3) is 0.333. The van der Waals surface area contributed by atoms with Crippen LogP contribution < -0.4 is 9.62 Å². The molecule has 0 unspecified atom stereocenters. The predicted octanol–water partition coefficient (Wildman–Crippen LogP) is 4.40. The number of benzene rings is 3. The average molecular weight is 536 g/mol. The van der Waals surface area contributed by atoms with Crippen molar-refractivity contribution in [3.05, 3.63) is 95.1 Å². The number of carbonyl (C=O) groups is 2. The predicted molar refractivity (Wildman–Crippen MR) is 152 cm³/mol. The van der Waals surface area contributed by atoms with Gasteiger partial charge in [0, 0.05) is 13.6 Å². The zero-order valence-corrected chi connectivity index (χ0v) is 23.6. The van der Waals surface area contributed by atoms with Crippen molar-refractivity contribution >= 4 is 27.5 Å². The van der Waals surface area contributed by atoms with Crippen molar-refractivity contribution in [1.29, 1.82) is 0 Å². The normalized spacial score (nSPS) is 12.0. The third-order valence-electron chi connectivity index (χ3n) is 6.64. The van der Waals surface area contributed by atoms with Gasteiger partial charge in [0.2, 0.25) is 11.8 Å². The number of likely N-dealkylation sites (N-methyl/N-ethyl adjacent to an activating group) is 1. The summed E-state index contributed by atoms with van der Waals surface area (Å²) in [5.74, 6) is -0.721. The Balaban J connectivity index is 2.04. The number of amides is 2. The van der Waals surface area contributed by atoms with Crippen molar-refractivity contribution in [2.45, 2.75) is 51.5 Å². The second-order valence-electron chi connectivity index (χ2n) is 9.48. The molecular weight excluding hydrogens is 498 g/mol. The second-order valence-corrected chi connectivity index (χ2v) is 11.3. The first kappa shape index (κ1) is 28.9. The van der Waals surface area contributed by atoms with E-state index in [-0.39, 0.29) is 17.3 Å². The number of carbonyl (C=O) groups excluding carboxylic acids is 2. The molecule has 0 aromatic heterocycles. The van der Waals surface area contributed by atoms with Crippen LogP contribution in [0.1, 0.15) is 35.6 Å². The van der Waals surface area contributed by atoms with E-state index in [4.69, 9.17) is 0 Å². The van der Waals surface area contributed by atoms with Gasteiger partial charge in [0.05, 0.1) is 10.6 Å². The van der Waals surface area contributed by atoms with Crippen LogP contribution in [0, 0.1) is 20.8 Å². The Morgan fingerprint density at radius 1 is 0.895 bits per heavy atom. The van der Waals surface area contributed by atoms with E-state index in [1.54, 1.807) is 30.3 Å². The van der Waals surface area contributed by atoms with E-state index in [1.807, 2.05) is 70.2 Å². The molecule has 3 rings (SSSR count). The lowest BCUT2D eigenvalue weighted by Gasteiger charge is -2.33. The van der Waals surface area contributed by atoms with Gasteiger partial charge in [0.1, 0.15) is 12.6 Å². The highest BCUT2D eigenvalue weighted by molar-refractivity contribution is 7.92. The van der Waals surface area contributed by atoms with Gasteiger partial charge >= 0.3 is 0 Å². The van der Waals surface area contributed by atoms with Crippen LogP contribution in [0.25, 0.3) is 0 Å². The quantitative estimate of drug-likeness (QED) is 0.394. The first-order chi connectivity index (χ1) is 18.1. The molecule has 7 nitrogen and oxygen atoms in total. The summed E-state index contributed by atoms with van der Waals surface area (Å²) in [5.41, 5.74) is 4.00. The number of hydrogen-bond acceptors (Lipinski definition) is 4. The SMILES string of the molecule is CC[C@@H](C(=O)NC)N(CCc1ccccc1)C(=O)CN(c1cc(C)ccc1C)S(=O)(=O)c1ccc(C)cc1. The maximum Gasteiger partial charge on any atom is 0.264 e. The fourth-order valence-corrected chi connectivity index (χ4v) is 5.87. The Kier molecular flexibility index (Phi) is 9.69. The van der Waals surface area contributed by atoms with Crippen molar-refractivity contribution in [1.82, 2.24) is 10.2 Å². The van der Waals surface area contributed by atoms with Crippen LogP contribution in [-0.4, -0.2) is 51.3 Å². The van der Waals surface area contributed by atoms with Gasteiger partial charge in [-0.15, -0.1) is 0 Å². The van der Waals surface area contributed by atoms with E-state index >= 15 is 0 Å². The lowest BCUT2D eigenvalue weighted by atomic mass is 10.1. The molecule has 0 aliphatic heterocycles. The lowest BCUT2D eigenvalue weighted by molar-refractivity contribution is -0.139. The van der Waals surface area contributed by atoms with Crippen molar-refractivity contribution in [2.24, 2.45) is 0 Å². The van der Waals surface area contributed by atoms with Gasteiger partial charge in [-0.3, -0.25) is 13.9 Å². The summed E-state index contributed by atoms with van der Waals surface area (Å²) in [6.45, 7) is 7.28. The summed E-state index contributed by atoms with van der Waals surface area (Å²) in [4.78, 5) is 28.3. The molecule has 202 valence electrons. The van der Waals surface area contributed by atoms with Crippen molar-refractivity contribution in [3.8, 4) is 0 Å². The maximum absolute atomic E-state index is 14.0. The molecule has 1 N–H and O–H groups in total. The molecule has 2 amide bonds. The summed E-state index contributed by atoms with van der Waals surface area (Å²) in [5, 5.41) is 2.65. The average Bonchev–Trinajstić information content (AvgIpc) is 2.91. The van der Waals surface area contributed by atoms with Gasteiger partial charge in [0.15, 0.2) is 0 Å². The van der Waals surface area contributed by atoms with Crippen LogP contribution in [0.5, 0.6) is 0 Å². The molecule has 0 aliphatic carbocycles. The minimum atomic E-state index is -4.08. The molecule has 38 heavy (non-hydrogen) atoms. The van der Waals surface area contributed by atoms with E-state index in [1.165, 1.54) is 16.3 Å². The highest BCUT2D eigenvalue weighted by Gasteiger charge is 2.33. The topological polar surface area (TPSA) is 86.8 Å². The Morgan fingerprint density at radius 2 is 1.53 bits per heavy atom. The molecular formula is C30H37N3O4S. The lowest BCUT2D eigenvalue weighted by Crippen LogP contribution is -2.52. The van der Waals surface area contributed by atoms with E-state index in [0.717, 1.165) is 22.3 Å². The molecule has 0 fully saturated rings. The Labute approximate surface area is 226 Å². The Bertz CT molecular complexity index is 1360. The van der Waals surface area contributed by atoms with Gasteiger partial charge in [0.25, 0.3) is 10.0 Å². The Hall–Kier alpha value is -3.65. The molecule has 0 bridgehead atoms. The van der Waals surface area contributed by atoms with Gasteiger partial charge in [-0.2, -0.15) is 0 Å². The molecule has 1 atom stereocenters. The smallest absolute Gasteiger partial charge is 0.264 e. The Morgan fingerprint density at radius 3 is 2.13 bits per heavy atom. The first-order valence-corrected chi connectivity index (χ1v) is 14.2. The molecule has 0 saturated heterocycles. The van der Waals surface area contributed by atoms with Gasteiger partial charge in [-0.1, -0.05) is 67.1 Å². The van der Waals surface area contributed by atoms with Crippen molar-refractivity contribution < 1.29 is 18.0 Å². The summed E-state index contributed by atoms with van der Waals surface area (Å²) >= 11 is 0. The molecule has 0 radical (unpaired) electrons. The van der Waals surface area contributed by atoms with Crippen LogP contribution in [0.3, 0.4) is 0 Å². The summed E-state index contributed by atoms with van der Waals surface area (Å²) in [6.07, 6.45) is 0.933. The molecule has 0 saturated carbocycles. The number of sulfonamides is 1. The van der Waals surface area contributed by atoms with Crippen molar-refractivity contribution in [2.75, 3.05) is 24.4 Å². The molecule has 3 aromatic carbocycles. The summed E-state index contributed by atoms with van der Waals surface area (Å²) in [7, 11) is -2.54. The summed E-state index contributed by atoms with van der Waals surface area (Å²) < 4.78 is 29.1. The van der Waals surface area contributed by atoms with Crippen molar-refractivity contribution in [3.63, 3.8) is 0 Å². The molecule has 0 aliphatic rings. The van der Waals surface area contributed by atoms with Crippen LogP contribution in [-0.2, 0) is 26.0 Å². The number of nitrogens with one attached hydrogen (secondary N) is 1. The van der Waals surface area contributed by atoms with Crippen LogP contribution >= 0.6 is 0 Å². The van der Waals surface area contributed by atoms with E-state index in [9.17, 15) is 18.0 Å². The van der Waals surface area contributed by atoms with Gasteiger partial charge < -0.3 is 10.2 Å². The number of hydrogen-bond donors (Lipinski definition) is 1. The minimum absolute atomic E-state index is 0.103. The van der Waals surface area contributed by atoms with E-state index < -0.39 is 28.5 Å². The number of aryl methyl sites for hydroxylation is 3. The number of rotatable bonds is 11. The number of anilines is 1. The molecule has 0 heterocycles. The molecule has 8 heteroatoms. The van der Waals surface area contributed by atoms with Gasteiger partial charge in [-0.05, 0) is 68.5 Å². The molecule has 0 spiro atoms. The zero-order chi connectivity index (χ0) is 27.9. The van der Waals surface area contributed by atoms with E-state index in [2.05, 4.69) is 5.32 Å². The zero-order valence-electron chi connectivity index (χ0n) is 22.8. The third kappa shape index (κ3) is 6.81. The standard InChI is InChI=1S/C30H37N3O4S/c1-6-27(30(35)31-5)32(19-18-25-10-8-7-9-11-25)29(34)21-33(28-20-23(3)12-15-24(28)4)38(36,37)26-16-13-22(2)14-17-26/h7-17,20,27H,6,18-19,21H2,1-5H3,(H,31,35)/t27-/m0/s1. The van der Waals surface area contributed by atoms with Crippen LogP contribution in [0.4, 0.5) is 5.69 Å². The summed E-state index contributed by atoms with van der Waals surface area (Å²) in [6, 6.07) is 21.1. The highest BCUT2D eigenvalue weighted by atomic mass is 32.2. The minimum Gasteiger partial charge on any atom is -0.357 e. The second kappa shape index (κ2) is 12.7. The van der Waals surface area contributed by atoms with Gasteiger partial charge in [-0.25, -0.2) is 8.42 Å². The highest BCUT2D eigenvalue weighted by Crippen LogP contribution is 2.28. The van der Waals surface area contributed by atoms with E-state index in [0.29, 0.717) is 18.5 Å². The molecule has 3 aromatic rings. The monoisotopic (exact) mass is 535 g/mol. The maximum atomic E-state index is 14.0. The fourth-order valence-electron chi connectivity index (χ4n) is 4.40. The first-order valence-electron chi connectivity index (χ1n) is 12.8. The van der Waals surface area contributed by atoms with Crippen LogP contribution in [0.2, 0.25) is 0 Å².